The average molecular weight is 236 g/mol. The van der Waals surface area contributed by atoms with E-state index in [0.717, 1.165) is 12.1 Å². The van der Waals surface area contributed by atoms with Gasteiger partial charge in [0.2, 0.25) is 0 Å². The van der Waals surface area contributed by atoms with E-state index in [-0.39, 0.29) is 12.4 Å². The molecular formula is C12H20N4O. The summed E-state index contributed by atoms with van der Waals surface area (Å²) in [6.07, 6.45) is 1.66. The van der Waals surface area contributed by atoms with Crippen LogP contribution in [0.2, 0.25) is 0 Å². The second-order valence-electron chi connectivity index (χ2n) is 4.25. The third kappa shape index (κ3) is 4.13. The molecule has 0 radical (unpaired) electrons. The van der Waals surface area contributed by atoms with Crippen LogP contribution in [0, 0.1) is 5.41 Å². The van der Waals surface area contributed by atoms with Crippen LogP contribution in [0.5, 0.6) is 0 Å². The minimum absolute atomic E-state index is 0.0231. The van der Waals surface area contributed by atoms with Crippen molar-refractivity contribution < 1.29 is 5.11 Å². The molecule has 1 aromatic rings. The topological polar surface area (TPSA) is 86.2 Å². The van der Waals surface area contributed by atoms with E-state index in [0.29, 0.717) is 18.3 Å². The first-order valence-electron chi connectivity index (χ1n) is 5.68. The third-order valence-electron chi connectivity index (χ3n) is 2.60. The molecule has 5 heteroatoms. The number of amidine groups is 1. The molecule has 0 saturated carbocycles. The lowest BCUT2D eigenvalue weighted by Crippen LogP contribution is -2.33. The van der Waals surface area contributed by atoms with E-state index < -0.39 is 0 Å². The Bertz CT molecular complexity index is 379. The average Bonchev–Trinajstić information content (AvgIpc) is 2.28. The van der Waals surface area contributed by atoms with Gasteiger partial charge in [-0.3, -0.25) is 15.3 Å². The Morgan fingerprint density at radius 2 is 2.29 bits per heavy atom. The van der Waals surface area contributed by atoms with E-state index in [1.165, 1.54) is 0 Å². The largest absolute Gasteiger partial charge is 0.395 e. The molecule has 1 aromatic heterocycles. The van der Waals surface area contributed by atoms with Crippen molar-refractivity contribution in [2.75, 3.05) is 13.2 Å². The molecule has 0 aliphatic carbocycles. The summed E-state index contributed by atoms with van der Waals surface area (Å²) in [5, 5.41) is 16.3. The maximum Gasteiger partial charge on any atom is 0.141 e. The fourth-order valence-electron chi connectivity index (χ4n) is 1.60. The number of pyridine rings is 1. The van der Waals surface area contributed by atoms with Gasteiger partial charge in [0.05, 0.1) is 6.61 Å². The van der Waals surface area contributed by atoms with Crippen molar-refractivity contribution >= 4 is 5.84 Å². The molecule has 17 heavy (non-hydrogen) atoms. The minimum Gasteiger partial charge on any atom is -0.395 e. The zero-order chi connectivity index (χ0) is 12.8. The normalized spacial score (nSPS) is 11.1. The molecular weight excluding hydrogens is 216 g/mol. The van der Waals surface area contributed by atoms with Gasteiger partial charge in [0.25, 0.3) is 0 Å². The van der Waals surface area contributed by atoms with Gasteiger partial charge in [-0.25, -0.2) is 0 Å². The van der Waals surface area contributed by atoms with E-state index in [1.54, 1.807) is 6.20 Å². The van der Waals surface area contributed by atoms with E-state index >= 15 is 0 Å². The van der Waals surface area contributed by atoms with Gasteiger partial charge in [-0.2, -0.15) is 0 Å². The molecule has 1 rings (SSSR count). The number of aliphatic hydroxyl groups excluding tert-OH is 1. The van der Waals surface area contributed by atoms with Crippen LogP contribution in [0.1, 0.15) is 25.1 Å². The Morgan fingerprint density at radius 3 is 2.82 bits per heavy atom. The van der Waals surface area contributed by atoms with E-state index in [9.17, 15) is 0 Å². The van der Waals surface area contributed by atoms with Crippen LogP contribution in [-0.2, 0) is 6.54 Å². The maximum atomic E-state index is 9.00. The lowest BCUT2D eigenvalue weighted by Gasteiger charge is -2.25. The van der Waals surface area contributed by atoms with Crippen molar-refractivity contribution in [3.8, 4) is 0 Å². The van der Waals surface area contributed by atoms with Crippen molar-refractivity contribution in [1.82, 2.24) is 9.88 Å². The van der Waals surface area contributed by atoms with Crippen LogP contribution in [-0.4, -0.2) is 40.0 Å². The zero-order valence-corrected chi connectivity index (χ0v) is 10.3. The summed E-state index contributed by atoms with van der Waals surface area (Å²) < 4.78 is 0. The number of rotatable bonds is 6. The maximum absolute atomic E-state index is 9.00. The molecule has 0 unspecified atom stereocenters. The first kappa shape index (κ1) is 13.6. The van der Waals surface area contributed by atoms with Crippen LogP contribution < -0.4 is 5.73 Å². The number of hydrogen-bond donors (Lipinski definition) is 3. The van der Waals surface area contributed by atoms with Gasteiger partial charge in [-0.1, -0.05) is 0 Å². The molecule has 0 atom stereocenters. The fourth-order valence-corrected chi connectivity index (χ4v) is 1.60. The Balaban J connectivity index is 2.78. The Labute approximate surface area is 102 Å². The molecule has 1 heterocycles. The van der Waals surface area contributed by atoms with E-state index in [4.69, 9.17) is 16.2 Å². The van der Waals surface area contributed by atoms with Gasteiger partial charge in [0, 0.05) is 25.3 Å². The third-order valence-corrected chi connectivity index (χ3v) is 2.60. The number of hydrogen-bond acceptors (Lipinski definition) is 4. The Morgan fingerprint density at radius 1 is 1.59 bits per heavy atom. The Hall–Kier alpha value is -1.46. The van der Waals surface area contributed by atoms with Gasteiger partial charge in [-0.05, 0) is 31.5 Å². The molecule has 0 spiro atoms. The standard InChI is InChI=1S/C12H20N4O/c1-9(2)16(5-6-17)8-10-3-4-15-11(7-10)12(13)14/h3-4,7,9,17H,5-6,8H2,1-2H3,(H3,13,14). The second-order valence-corrected chi connectivity index (χ2v) is 4.25. The summed E-state index contributed by atoms with van der Waals surface area (Å²) in [6, 6.07) is 4.07. The number of nitrogens with one attached hydrogen (secondary N) is 1. The fraction of sp³-hybridized carbons (Fsp3) is 0.500. The summed E-state index contributed by atoms with van der Waals surface area (Å²) in [5.41, 5.74) is 6.94. The lowest BCUT2D eigenvalue weighted by molar-refractivity contribution is 0.159. The van der Waals surface area contributed by atoms with E-state index in [1.807, 2.05) is 12.1 Å². The first-order valence-corrected chi connectivity index (χ1v) is 5.68. The van der Waals surface area contributed by atoms with Crippen molar-refractivity contribution in [3.05, 3.63) is 29.6 Å². The predicted octanol–water partition coefficient (Wildman–Crippen LogP) is 0.568. The molecule has 0 aliphatic rings. The van der Waals surface area contributed by atoms with Gasteiger partial charge in [0.1, 0.15) is 11.5 Å². The van der Waals surface area contributed by atoms with Crippen LogP contribution in [0.25, 0.3) is 0 Å². The van der Waals surface area contributed by atoms with Gasteiger partial charge in [0.15, 0.2) is 0 Å². The van der Waals surface area contributed by atoms with Gasteiger partial charge >= 0.3 is 0 Å². The molecule has 4 N–H and O–H groups in total. The first-order chi connectivity index (χ1) is 8.04. The van der Waals surface area contributed by atoms with Crippen LogP contribution in [0.3, 0.4) is 0 Å². The zero-order valence-electron chi connectivity index (χ0n) is 10.3. The van der Waals surface area contributed by atoms with Crippen molar-refractivity contribution in [2.24, 2.45) is 5.73 Å². The number of nitrogens with two attached hydrogens (primary N) is 1. The minimum atomic E-state index is -0.0231. The number of nitrogen functional groups attached to an aromatic ring is 1. The summed E-state index contributed by atoms with van der Waals surface area (Å²) in [7, 11) is 0. The smallest absolute Gasteiger partial charge is 0.141 e. The highest BCUT2D eigenvalue weighted by molar-refractivity contribution is 5.93. The predicted molar refractivity (Wildman–Crippen MR) is 67.9 cm³/mol. The highest BCUT2D eigenvalue weighted by Crippen LogP contribution is 2.08. The number of aromatic nitrogens is 1. The highest BCUT2D eigenvalue weighted by Gasteiger charge is 2.10. The summed E-state index contributed by atoms with van der Waals surface area (Å²) >= 11 is 0. The van der Waals surface area contributed by atoms with Crippen molar-refractivity contribution in [1.29, 1.82) is 5.41 Å². The molecule has 0 fully saturated rings. The molecule has 0 aliphatic heterocycles. The quantitative estimate of drug-likeness (QED) is 0.498. The molecule has 5 nitrogen and oxygen atoms in total. The molecule has 0 amide bonds. The van der Waals surface area contributed by atoms with Gasteiger partial charge < -0.3 is 10.8 Å². The van der Waals surface area contributed by atoms with Crippen molar-refractivity contribution in [3.63, 3.8) is 0 Å². The molecule has 0 saturated heterocycles. The molecule has 0 aromatic carbocycles. The number of nitrogens with zero attached hydrogens (tertiary/aromatic N) is 2. The second kappa shape index (κ2) is 6.32. The SMILES string of the molecule is CC(C)N(CCO)Cc1ccnc(C(=N)N)c1. The van der Waals surface area contributed by atoms with E-state index in [2.05, 4.69) is 23.7 Å². The van der Waals surface area contributed by atoms with Crippen LogP contribution in [0.15, 0.2) is 18.3 Å². The van der Waals surface area contributed by atoms with Crippen LogP contribution >= 0.6 is 0 Å². The monoisotopic (exact) mass is 236 g/mol. The lowest BCUT2D eigenvalue weighted by atomic mass is 10.2. The summed E-state index contributed by atoms with van der Waals surface area (Å²) in [4.78, 5) is 6.17. The van der Waals surface area contributed by atoms with Crippen molar-refractivity contribution in [2.45, 2.75) is 26.4 Å². The molecule has 94 valence electrons. The van der Waals surface area contributed by atoms with Crippen LogP contribution in [0.4, 0.5) is 0 Å². The Kier molecular flexibility index (Phi) is 5.06. The summed E-state index contributed by atoms with van der Waals surface area (Å²) in [6.45, 7) is 5.67. The molecule has 0 bridgehead atoms. The highest BCUT2D eigenvalue weighted by atomic mass is 16.3. The summed E-state index contributed by atoms with van der Waals surface area (Å²) in [5.74, 6) is -0.0231. The van der Waals surface area contributed by atoms with Gasteiger partial charge in [-0.15, -0.1) is 0 Å². The number of aliphatic hydroxyl groups is 1.